The van der Waals surface area contributed by atoms with Gasteiger partial charge in [-0.3, -0.25) is 0 Å². The van der Waals surface area contributed by atoms with E-state index in [-0.39, 0.29) is 0 Å². The maximum Gasteiger partial charge on any atom is 0.119 e. The Kier molecular flexibility index (Phi) is 4.42. The molecule has 3 heteroatoms. The Labute approximate surface area is 93.8 Å². The smallest absolute Gasteiger partial charge is 0.119 e. The number of likely N-dealkylation sites (N-methyl/N-ethyl adjacent to an activating group) is 1. The van der Waals surface area contributed by atoms with Gasteiger partial charge in [0.05, 0.1) is 7.11 Å². The zero-order valence-corrected chi connectivity index (χ0v) is 10.4. The summed E-state index contributed by atoms with van der Waals surface area (Å²) in [6.45, 7) is 2.16. The van der Waals surface area contributed by atoms with Gasteiger partial charge in [0.15, 0.2) is 0 Å². The summed E-state index contributed by atoms with van der Waals surface area (Å²) >= 11 is 3.53. The first-order valence-corrected chi connectivity index (χ1v) is 5.46. The second kappa shape index (κ2) is 5.37. The molecule has 0 aliphatic carbocycles. The van der Waals surface area contributed by atoms with Crippen LogP contribution in [0, 0.1) is 0 Å². The van der Waals surface area contributed by atoms with Crippen molar-refractivity contribution in [3.8, 4) is 5.75 Å². The molecule has 78 valence electrons. The molecule has 0 saturated heterocycles. The summed E-state index contributed by atoms with van der Waals surface area (Å²) in [5, 5.41) is 3.22. The van der Waals surface area contributed by atoms with Crippen LogP contribution < -0.4 is 10.1 Å². The summed E-state index contributed by atoms with van der Waals surface area (Å²) in [6, 6.07) is 6.52. The van der Waals surface area contributed by atoms with Crippen molar-refractivity contribution in [2.24, 2.45) is 0 Å². The monoisotopic (exact) mass is 257 g/mol. The van der Waals surface area contributed by atoms with Crippen LogP contribution in [0.1, 0.15) is 12.5 Å². The van der Waals surface area contributed by atoms with E-state index in [9.17, 15) is 0 Å². The van der Waals surface area contributed by atoms with Crippen molar-refractivity contribution < 1.29 is 4.74 Å². The molecule has 0 amide bonds. The van der Waals surface area contributed by atoms with E-state index in [1.54, 1.807) is 7.11 Å². The molecule has 0 aliphatic heterocycles. The van der Waals surface area contributed by atoms with Crippen LogP contribution in [0.5, 0.6) is 5.75 Å². The van der Waals surface area contributed by atoms with Gasteiger partial charge < -0.3 is 10.1 Å². The summed E-state index contributed by atoms with van der Waals surface area (Å²) in [5.74, 6) is 0.909. The molecule has 14 heavy (non-hydrogen) atoms. The van der Waals surface area contributed by atoms with Gasteiger partial charge in [0.25, 0.3) is 0 Å². The van der Waals surface area contributed by atoms with Crippen LogP contribution in [-0.4, -0.2) is 20.2 Å². The zero-order chi connectivity index (χ0) is 10.6. The lowest BCUT2D eigenvalue weighted by Gasteiger charge is -2.12. The summed E-state index contributed by atoms with van der Waals surface area (Å²) in [5.41, 5.74) is 1.27. The quantitative estimate of drug-likeness (QED) is 0.896. The Morgan fingerprint density at radius 2 is 2.21 bits per heavy atom. The molecule has 0 aliphatic rings. The van der Waals surface area contributed by atoms with Gasteiger partial charge in [-0.15, -0.1) is 0 Å². The van der Waals surface area contributed by atoms with E-state index in [0.29, 0.717) is 6.04 Å². The predicted molar refractivity (Wildman–Crippen MR) is 62.9 cm³/mol. The molecule has 1 N–H and O–H groups in total. The fourth-order valence-corrected chi connectivity index (χ4v) is 1.67. The Morgan fingerprint density at radius 3 is 2.79 bits per heavy atom. The van der Waals surface area contributed by atoms with E-state index >= 15 is 0 Å². The van der Waals surface area contributed by atoms with Crippen LogP contribution in [0.3, 0.4) is 0 Å². The molecule has 1 atom stereocenters. The van der Waals surface area contributed by atoms with E-state index in [4.69, 9.17) is 4.74 Å². The van der Waals surface area contributed by atoms with Gasteiger partial charge in [0, 0.05) is 10.5 Å². The van der Waals surface area contributed by atoms with Crippen molar-refractivity contribution in [2.45, 2.75) is 19.4 Å². The number of halogens is 1. The summed E-state index contributed by atoms with van der Waals surface area (Å²) in [4.78, 5) is 0. The minimum absolute atomic E-state index is 0.471. The molecule has 0 saturated carbocycles. The van der Waals surface area contributed by atoms with E-state index < -0.39 is 0 Å². The third-order valence-electron chi connectivity index (χ3n) is 2.27. The van der Waals surface area contributed by atoms with Crippen molar-refractivity contribution in [1.82, 2.24) is 5.32 Å². The largest absolute Gasteiger partial charge is 0.497 e. The van der Waals surface area contributed by atoms with Crippen LogP contribution in [-0.2, 0) is 6.42 Å². The summed E-state index contributed by atoms with van der Waals surface area (Å²) in [6.07, 6.45) is 0.994. The predicted octanol–water partition coefficient (Wildman–Crippen LogP) is 2.61. The van der Waals surface area contributed by atoms with Crippen molar-refractivity contribution in [3.63, 3.8) is 0 Å². The molecule has 1 rings (SSSR count). The van der Waals surface area contributed by atoms with Crippen LogP contribution in [0.15, 0.2) is 22.7 Å². The van der Waals surface area contributed by atoms with Gasteiger partial charge in [0.2, 0.25) is 0 Å². The second-order valence-electron chi connectivity index (χ2n) is 3.35. The number of rotatable bonds is 4. The van der Waals surface area contributed by atoms with Gasteiger partial charge in [-0.1, -0.05) is 15.9 Å². The van der Waals surface area contributed by atoms with Gasteiger partial charge in [0.1, 0.15) is 5.75 Å². The summed E-state index contributed by atoms with van der Waals surface area (Å²) in [7, 11) is 3.66. The number of hydrogen-bond donors (Lipinski definition) is 1. The molecular weight excluding hydrogens is 242 g/mol. The first kappa shape index (κ1) is 11.5. The van der Waals surface area contributed by atoms with E-state index in [2.05, 4.69) is 34.2 Å². The second-order valence-corrected chi connectivity index (χ2v) is 4.21. The van der Waals surface area contributed by atoms with Crippen molar-refractivity contribution in [3.05, 3.63) is 28.2 Å². The molecule has 0 aromatic heterocycles. The van der Waals surface area contributed by atoms with E-state index in [1.165, 1.54) is 5.56 Å². The molecule has 1 unspecified atom stereocenters. The molecule has 1 aromatic carbocycles. The number of benzene rings is 1. The highest BCUT2D eigenvalue weighted by Crippen LogP contribution is 2.23. The molecular formula is C11H16BrNO. The average molecular weight is 258 g/mol. The molecule has 0 fully saturated rings. The van der Waals surface area contributed by atoms with Crippen LogP contribution in [0.2, 0.25) is 0 Å². The van der Waals surface area contributed by atoms with Gasteiger partial charge in [-0.2, -0.15) is 0 Å². The number of ether oxygens (including phenoxy) is 1. The topological polar surface area (TPSA) is 21.3 Å². The van der Waals surface area contributed by atoms with Crippen molar-refractivity contribution >= 4 is 15.9 Å². The minimum Gasteiger partial charge on any atom is -0.497 e. The highest BCUT2D eigenvalue weighted by Gasteiger charge is 2.05. The van der Waals surface area contributed by atoms with E-state index in [0.717, 1.165) is 16.6 Å². The lowest BCUT2D eigenvalue weighted by Crippen LogP contribution is -2.23. The number of methoxy groups -OCH3 is 1. The Balaban J connectivity index is 2.83. The lowest BCUT2D eigenvalue weighted by molar-refractivity contribution is 0.414. The third-order valence-corrected chi connectivity index (χ3v) is 3.05. The zero-order valence-electron chi connectivity index (χ0n) is 8.80. The van der Waals surface area contributed by atoms with Crippen LogP contribution in [0.25, 0.3) is 0 Å². The van der Waals surface area contributed by atoms with E-state index in [1.807, 2.05) is 19.2 Å². The fraction of sp³-hybridized carbons (Fsp3) is 0.455. The van der Waals surface area contributed by atoms with Gasteiger partial charge in [-0.25, -0.2) is 0 Å². The summed E-state index contributed by atoms with van der Waals surface area (Å²) < 4.78 is 6.32. The Bertz CT molecular complexity index is 301. The molecule has 0 radical (unpaired) electrons. The minimum atomic E-state index is 0.471. The van der Waals surface area contributed by atoms with Crippen molar-refractivity contribution in [2.75, 3.05) is 14.2 Å². The lowest BCUT2D eigenvalue weighted by atomic mass is 10.1. The molecule has 0 heterocycles. The average Bonchev–Trinajstić information content (AvgIpc) is 2.21. The first-order valence-electron chi connectivity index (χ1n) is 4.67. The number of nitrogens with one attached hydrogen (secondary N) is 1. The van der Waals surface area contributed by atoms with Crippen molar-refractivity contribution in [1.29, 1.82) is 0 Å². The van der Waals surface area contributed by atoms with Gasteiger partial charge >= 0.3 is 0 Å². The fourth-order valence-electron chi connectivity index (χ4n) is 1.27. The molecule has 2 nitrogen and oxygen atoms in total. The maximum atomic E-state index is 5.18. The molecule has 1 aromatic rings. The third kappa shape index (κ3) is 3.00. The van der Waals surface area contributed by atoms with Crippen LogP contribution >= 0.6 is 15.9 Å². The molecule has 0 bridgehead atoms. The SMILES string of the molecule is CNC(C)Cc1cc(OC)ccc1Br. The Morgan fingerprint density at radius 1 is 1.50 bits per heavy atom. The van der Waals surface area contributed by atoms with Gasteiger partial charge in [-0.05, 0) is 44.2 Å². The standard InChI is InChI=1S/C11H16BrNO/c1-8(13-2)6-9-7-10(14-3)4-5-11(9)12/h4-5,7-8,13H,6H2,1-3H3. The molecule has 0 spiro atoms. The normalized spacial score (nSPS) is 12.6. The highest BCUT2D eigenvalue weighted by molar-refractivity contribution is 9.10. The Hall–Kier alpha value is -0.540. The first-order chi connectivity index (χ1) is 6.67. The maximum absolute atomic E-state index is 5.18. The number of hydrogen-bond acceptors (Lipinski definition) is 2. The highest BCUT2D eigenvalue weighted by atomic mass is 79.9. The van der Waals surface area contributed by atoms with Crippen LogP contribution in [0.4, 0.5) is 0 Å².